The fourth-order valence-corrected chi connectivity index (χ4v) is 5.36. The highest BCUT2D eigenvalue weighted by Crippen LogP contribution is 2.47. The van der Waals surface area contributed by atoms with Crippen LogP contribution in [-0.4, -0.2) is 22.6 Å². The maximum absolute atomic E-state index is 13.6. The normalized spacial score (nSPS) is 21.6. The lowest BCUT2D eigenvalue weighted by molar-refractivity contribution is -0.148. The minimum Gasteiger partial charge on any atom is -0.508 e. The number of hydrogen-bond donors (Lipinski definition) is 1. The molecular weight excluding hydrogens is 474 g/mol. The summed E-state index contributed by atoms with van der Waals surface area (Å²) < 4.78 is 5.71. The molecule has 182 valence electrons. The van der Waals surface area contributed by atoms with Crippen molar-refractivity contribution in [1.29, 1.82) is 0 Å². The molecule has 36 heavy (non-hydrogen) atoms. The number of aromatic hydroxyl groups is 1. The first-order chi connectivity index (χ1) is 17.4. The van der Waals surface area contributed by atoms with E-state index in [1.807, 2.05) is 67.6 Å². The Morgan fingerprint density at radius 3 is 2.47 bits per heavy atom. The third kappa shape index (κ3) is 4.84. The molecule has 3 atom stereocenters. The van der Waals surface area contributed by atoms with Gasteiger partial charge in [0.2, 0.25) is 0 Å². The van der Waals surface area contributed by atoms with Crippen LogP contribution >= 0.6 is 11.6 Å². The molecule has 5 rings (SSSR count). The number of halogens is 1. The summed E-state index contributed by atoms with van der Waals surface area (Å²) in [5.41, 5.74) is 4.44. The summed E-state index contributed by atoms with van der Waals surface area (Å²) in [7, 11) is 0. The van der Waals surface area contributed by atoms with Gasteiger partial charge in [-0.2, -0.15) is 0 Å². The number of nitrogens with zero attached hydrogens (tertiary/aromatic N) is 1. The van der Waals surface area contributed by atoms with Crippen molar-refractivity contribution in [2.45, 2.75) is 38.2 Å². The second kappa shape index (κ2) is 10.1. The van der Waals surface area contributed by atoms with Crippen molar-refractivity contribution in [1.82, 2.24) is 0 Å². The van der Waals surface area contributed by atoms with E-state index in [1.54, 1.807) is 18.2 Å². The first-order valence-corrected chi connectivity index (χ1v) is 12.3. The molecule has 3 aromatic carbocycles. The highest BCUT2D eigenvalue weighted by Gasteiger charge is 2.44. The molecule has 0 aromatic heterocycles. The number of ketones is 1. The van der Waals surface area contributed by atoms with Crippen LogP contribution in [0.4, 0.5) is 0 Å². The number of esters is 1. The van der Waals surface area contributed by atoms with Gasteiger partial charge in [0.25, 0.3) is 0 Å². The zero-order valence-electron chi connectivity index (χ0n) is 19.9. The average Bonchev–Trinajstić information content (AvgIpc) is 2.87. The van der Waals surface area contributed by atoms with Crippen LogP contribution in [0.5, 0.6) is 5.75 Å². The second-order valence-corrected chi connectivity index (χ2v) is 9.77. The van der Waals surface area contributed by atoms with Gasteiger partial charge in [0.05, 0.1) is 0 Å². The zero-order valence-corrected chi connectivity index (χ0v) is 20.6. The maximum atomic E-state index is 13.6. The Hall–Kier alpha value is -3.70. The number of Topliss-reactive ketones (excluding diaryl/α,β-unsaturated/α-hetero) is 1. The lowest BCUT2D eigenvalue weighted by atomic mass is 9.69. The van der Waals surface area contributed by atoms with E-state index in [4.69, 9.17) is 21.3 Å². The van der Waals surface area contributed by atoms with Gasteiger partial charge in [-0.15, -0.1) is 0 Å². The summed E-state index contributed by atoms with van der Waals surface area (Å²) in [6.45, 7) is 1.94. The van der Waals surface area contributed by atoms with Crippen LogP contribution < -0.4 is 0 Å². The molecule has 6 heteroatoms. The molecule has 5 nitrogen and oxygen atoms in total. The Morgan fingerprint density at radius 2 is 1.75 bits per heavy atom. The van der Waals surface area contributed by atoms with Gasteiger partial charge in [0.1, 0.15) is 18.3 Å². The summed E-state index contributed by atoms with van der Waals surface area (Å²) in [6, 6.07) is 23.8. The molecule has 1 N–H and O–H groups in total. The number of aliphatic imine (C=N–C) groups is 1. The molecule has 3 aromatic rings. The smallest absolute Gasteiger partial charge is 0.315 e. The van der Waals surface area contributed by atoms with Gasteiger partial charge in [-0.1, -0.05) is 66.2 Å². The average molecular weight is 500 g/mol. The van der Waals surface area contributed by atoms with Crippen LogP contribution in [0.3, 0.4) is 0 Å². The van der Waals surface area contributed by atoms with Crippen LogP contribution in [0.2, 0.25) is 5.02 Å². The number of hydrogen-bond acceptors (Lipinski definition) is 5. The van der Waals surface area contributed by atoms with E-state index in [0.717, 1.165) is 11.1 Å². The van der Waals surface area contributed by atoms with Crippen molar-refractivity contribution in [2.24, 2.45) is 10.9 Å². The molecule has 0 spiro atoms. The van der Waals surface area contributed by atoms with Crippen molar-refractivity contribution in [3.63, 3.8) is 0 Å². The molecule has 0 bridgehead atoms. The highest BCUT2D eigenvalue weighted by molar-refractivity contribution is 6.30. The quantitative estimate of drug-likeness (QED) is 0.414. The number of ether oxygens (including phenoxy) is 1. The molecular formula is C30H26ClNO4. The summed E-state index contributed by atoms with van der Waals surface area (Å²) >= 11 is 6.06. The van der Waals surface area contributed by atoms with E-state index in [2.05, 4.69) is 0 Å². The van der Waals surface area contributed by atoms with E-state index >= 15 is 0 Å². The molecule has 0 amide bonds. The third-order valence-electron chi connectivity index (χ3n) is 6.94. The molecule has 2 aliphatic rings. The molecule has 1 heterocycles. The summed E-state index contributed by atoms with van der Waals surface area (Å²) in [6.07, 6.45) is 0.900. The zero-order chi connectivity index (χ0) is 25.2. The Labute approximate surface area is 215 Å². The van der Waals surface area contributed by atoms with Crippen molar-refractivity contribution in [2.75, 3.05) is 0 Å². The summed E-state index contributed by atoms with van der Waals surface area (Å²) in [5.74, 6) is -1.75. The summed E-state index contributed by atoms with van der Waals surface area (Å²) in [5, 5.41) is 10.8. The largest absolute Gasteiger partial charge is 0.508 e. The minimum atomic E-state index is -0.759. The van der Waals surface area contributed by atoms with Gasteiger partial charge in [-0.05, 0) is 60.2 Å². The van der Waals surface area contributed by atoms with E-state index in [1.165, 1.54) is 0 Å². The van der Waals surface area contributed by atoms with Gasteiger partial charge >= 0.3 is 5.97 Å². The minimum absolute atomic E-state index is 0.0172. The molecule has 0 fully saturated rings. The maximum Gasteiger partial charge on any atom is 0.315 e. The second-order valence-electron chi connectivity index (χ2n) is 9.34. The molecule has 0 saturated heterocycles. The molecule has 1 aliphatic heterocycles. The van der Waals surface area contributed by atoms with Gasteiger partial charge in [-0.25, -0.2) is 0 Å². The van der Waals surface area contributed by atoms with Crippen LogP contribution in [0.25, 0.3) is 0 Å². The van der Waals surface area contributed by atoms with Crippen molar-refractivity contribution in [3.8, 4) is 5.75 Å². The third-order valence-corrected chi connectivity index (χ3v) is 7.19. The molecule has 1 unspecified atom stereocenters. The molecule has 0 radical (unpaired) electrons. The van der Waals surface area contributed by atoms with Crippen molar-refractivity contribution < 1.29 is 19.4 Å². The predicted octanol–water partition coefficient (Wildman–Crippen LogP) is 6.36. The Bertz CT molecular complexity index is 1360. The van der Waals surface area contributed by atoms with Gasteiger partial charge in [-0.3, -0.25) is 14.6 Å². The SMILES string of the molecule is CC1=NC2=C(C(=O)C[C@H](c3ccc(Cl)cc3)C2)[C@H](c2cccc(O)c2)C1C(=O)OCc1ccccc1. The summed E-state index contributed by atoms with van der Waals surface area (Å²) in [4.78, 5) is 31.9. The van der Waals surface area contributed by atoms with Gasteiger partial charge in [0.15, 0.2) is 5.78 Å². The topological polar surface area (TPSA) is 76.0 Å². The van der Waals surface area contributed by atoms with E-state index in [9.17, 15) is 14.7 Å². The van der Waals surface area contributed by atoms with Crippen molar-refractivity contribution >= 4 is 29.1 Å². The lowest BCUT2D eigenvalue weighted by Crippen LogP contribution is -2.38. The lowest BCUT2D eigenvalue weighted by Gasteiger charge is -2.36. The monoisotopic (exact) mass is 499 g/mol. The van der Waals surface area contributed by atoms with E-state index < -0.39 is 17.8 Å². The van der Waals surface area contributed by atoms with Gasteiger partial charge in [0, 0.05) is 34.3 Å². The fourth-order valence-electron chi connectivity index (χ4n) is 5.23. The number of carbonyl (C=O) groups excluding carboxylic acids is 2. The highest BCUT2D eigenvalue weighted by atomic mass is 35.5. The number of allylic oxidation sites excluding steroid dienone is 2. The van der Waals surface area contributed by atoms with Crippen LogP contribution in [0.15, 0.2) is 95.1 Å². The number of rotatable bonds is 5. The Kier molecular flexibility index (Phi) is 6.75. The number of carbonyl (C=O) groups is 2. The number of benzene rings is 3. The van der Waals surface area contributed by atoms with E-state index in [0.29, 0.717) is 40.4 Å². The van der Waals surface area contributed by atoms with E-state index in [-0.39, 0.29) is 24.1 Å². The van der Waals surface area contributed by atoms with Gasteiger partial charge < -0.3 is 9.84 Å². The molecule has 0 saturated carbocycles. The first-order valence-electron chi connectivity index (χ1n) is 12.0. The van der Waals surface area contributed by atoms with Crippen LogP contribution in [0, 0.1) is 5.92 Å². The van der Waals surface area contributed by atoms with Crippen LogP contribution in [-0.2, 0) is 20.9 Å². The van der Waals surface area contributed by atoms with Crippen molar-refractivity contribution in [3.05, 3.63) is 112 Å². The van der Waals surface area contributed by atoms with Crippen LogP contribution in [0.1, 0.15) is 48.3 Å². The standard InChI is InChI=1S/C30H26ClNO4/c1-18-27(30(35)36-17-19-6-3-2-4-7-19)28(21-8-5-9-24(33)14-21)29-25(32-18)15-22(16-26(29)34)20-10-12-23(31)13-11-20/h2-14,22,27-28,33H,15-17H2,1H3/t22-,27?,28-/m1/s1. The Morgan fingerprint density at radius 1 is 1.00 bits per heavy atom. The molecule has 1 aliphatic carbocycles. The predicted molar refractivity (Wildman–Crippen MR) is 139 cm³/mol. The first kappa shape index (κ1) is 24.0. The number of phenols is 1. The Balaban J connectivity index is 1.51. The fraction of sp³-hybridized carbons (Fsp3) is 0.233. The number of phenolic OH excluding ortho intramolecular Hbond substituents is 1.